The first-order chi connectivity index (χ1) is 7.95. The van der Waals surface area contributed by atoms with Crippen molar-refractivity contribution < 1.29 is 13.5 Å². The summed E-state index contributed by atoms with van der Waals surface area (Å²) < 4.78 is 25.1. The molecule has 1 aromatic carbocycles. The molecule has 5 nitrogen and oxygen atoms in total. The normalized spacial score (nSPS) is 17.5. The molecule has 0 atom stereocenters. The van der Waals surface area contributed by atoms with Crippen LogP contribution in [-0.2, 0) is 10.0 Å². The maximum atomic E-state index is 12.0. The quantitative estimate of drug-likeness (QED) is 0.854. The Bertz CT molecular complexity index is 588. The van der Waals surface area contributed by atoms with Gasteiger partial charge in [0.05, 0.1) is 21.6 Å². The summed E-state index contributed by atoms with van der Waals surface area (Å²) in [7, 11) is -3.60. The van der Waals surface area contributed by atoms with E-state index >= 15 is 0 Å². The number of hydrogen-bond donors (Lipinski definition) is 1. The van der Waals surface area contributed by atoms with Crippen LogP contribution >= 0.6 is 11.6 Å². The fourth-order valence-electron chi connectivity index (χ4n) is 1.51. The van der Waals surface area contributed by atoms with Gasteiger partial charge in [-0.2, -0.15) is 9.57 Å². The summed E-state index contributed by atoms with van der Waals surface area (Å²) in [5.74, 6) is 0. The van der Waals surface area contributed by atoms with Crippen LogP contribution in [0.2, 0.25) is 5.02 Å². The number of sulfonamides is 1. The minimum absolute atomic E-state index is 0.0356. The minimum atomic E-state index is -3.60. The third-order valence-corrected chi connectivity index (χ3v) is 4.67. The van der Waals surface area contributed by atoms with E-state index in [4.69, 9.17) is 22.0 Å². The van der Waals surface area contributed by atoms with Gasteiger partial charge in [0.25, 0.3) is 0 Å². The lowest BCUT2D eigenvalue weighted by molar-refractivity contribution is 0.0548. The lowest BCUT2D eigenvalue weighted by Gasteiger charge is -2.34. The van der Waals surface area contributed by atoms with Crippen molar-refractivity contribution in [2.75, 3.05) is 13.1 Å². The van der Waals surface area contributed by atoms with E-state index in [1.807, 2.05) is 6.07 Å². The van der Waals surface area contributed by atoms with E-state index in [0.29, 0.717) is 0 Å². The van der Waals surface area contributed by atoms with Gasteiger partial charge in [-0.15, -0.1) is 0 Å². The highest BCUT2D eigenvalue weighted by Crippen LogP contribution is 2.25. The summed E-state index contributed by atoms with van der Waals surface area (Å²) in [5.41, 5.74) is 0.231. The molecule has 0 aromatic heterocycles. The predicted molar refractivity (Wildman–Crippen MR) is 60.9 cm³/mol. The number of benzene rings is 1. The zero-order valence-corrected chi connectivity index (χ0v) is 10.2. The van der Waals surface area contributed by atoms with E-state index in [-0.39, 0.29) is 28.6 Å². The second kappa shape index (κ2) is 4.27. The highest BCUT2D eigenvalue weighted by atomic mass is 35.5. The molecule has 0 spiro atoms. The smallest absolute Gasteiger partial charge is 0.243 e. The zero-order valence-electron chi connectivity index (χ0n) is 8.67. The lowest BCUT2D eigenvalue weighted by atomic mass is 10.2. The average Bonchev–Trinajstić information content (AvgIpc) is 2.24. The third-order valence-electron chi connectivity index (χ3n) is 2.53. The van der Waals surface area contributed by atoms with Gasteiger partial charge in [0.1, 0.15) is 6.07 Å². The Labute approximate surface area is 104 Å². The third kappa shape index (κ3) is 2.15. The van der Waals surface area contributed by atoms with E-state index in [0.717, 1.165) is 4.31 Å². The molecule has 1 aromatic rings. The fourth-order valence-corrected chi connectivity index (χ4v) is 3.34. The summed E-state index contributed by atoms with van der Waals surface area (Å²) in [5, 5.41) is 17.9. The monoisotopic (exact) mass is 272 g/mol. The molecule has 0 bridgehead atoms. The molecule has 1 aliphatic heterocycles. The summed E-state index contributed by atoms with van der Waals surface area (Å²) >= 11 is 5.78. The standard InChI is InChI=1S/C10H9ClN2O3S/c11-10-3-9(2-1-7(10)4-12)17(15,16)13-5-8(14)6-13/h1-3,8,14H,5-6H2. The Balaban J connectivity index is 2.35. The molecule has 1 aliphatic rings. The Morgan fingerprint density at radius 2 is 2.12 bits per heavy atom. The van der Waals surface area contributed by atoms with Crippen LogP contribution in [-0.4, -0.2) is 37.0 Å². The molecule has 1 saturated heterocycles. The number of β-amino-alcohol motifs (C(OH)–C–C–N with tert-alkyl or cyclic N) is 1. The van der Waals surface area contributed by atoms with Gasteiger partial charge < -0.3 is 5.11 Å². The number of rotatable bonds is 2. The van der Waals surface area contributed by atoms with Crippen molar-refractivity contribution >= 4 is 21.6 Å². The molecule has 7 heteroatoms. The lowest BCUT2D eigenvalue weighted by Crippen LogP contribution is -2.53. The van der Waals surface area contributed by atoms with Gasteiger partial charge in [0.2, 0.25) is 10.0 Å². The van der Waals surface area contributed by atoms with Crippen molar-refractivity contribution in [1.82, 2.24) is 4.31 Å². The first-order valence-corrected chi connectivity index (χ1v) is 6.65. The molecule has 0 radical (unpaired) electrons. The van der Waals surface area contributed by atoms with E-state index in [1.165, 1.54) is 18.2 Å². The molecule has 17 heavy (non-hydrogen) atoms. The van der Waals surface area contributed by atoms with Crippen molar-refractivity contribution in [1.29, 1.82) is 5.26 Å². The molecule has 1 N–H and O–H groups in total. The SMILES string of the molecule is N#Cc1ccc(S(=O)(=O)N2CC(O)C2)cc1Cl. The number of nitrogens with zero attached hydrogens (tertiary/aromatic N) is 2. The van der Waals surface area contributed by atoms with Crippen LogP contribution in [0.25, 0.3) is 0 Å². The zero-order chi connectivity index (χ0) is 12.6. The molecular weight excluding hydrogens is 264 g/mol. The van der Waals surface area contributed by atoms with Crippen LogP contribution in [0.15, 0.2) is 23.1 Å². The van der Waals surface area contributed by atoms with E-state index < -0.39 is 16.1 Å². The van der Waals surface area contributed by atoms with Gasteiger partial charge in [0, 0.05) is 13.1 Å². The van der Waals surface area contributed by atoms with Gasteiger partial charge in [-0.1, -0.05) is 11.6 Å². The average molecular weight is 273 g/mol. The Morgan fingerprint density at radius 1 is 1.47 bits per heavy atom. The first kappa shape index (κ1) is 12.3. The maximum absolute atomic E-state index is 12.0. The highest BCUT2D eigenvalue weighted by Gasteiger charge is 2.35. The van der Waals surface area contributed by atoms with E-state index in [9.17, 15) is 8.42 Å². The number of nitriles is 1. The van der Waals surface area contributed by atoms with E-state index in [1.54, 1.807) is 0 Å². The second-order valence-electron chi connectivity index (χ2n) is 3.73. The summed E-state index contributed by atoms with van der Waals surface area (Å²) in [6.45, 7) is 0.194. The number of aliphatic hydroxyl groups excluding tert-OH is 1. The molecule has 90 valence electrons. The topological polar surface area (TPSA) is 81.4 Å². The van der Waals surface area contributed by atoms with E-state index in [2.05, 4.69) is 0 Å². The Hall–Kier alpha value is -1.13. The van der Waals surface area contributed by atoms with Gasteiger partial charge in [-0.05, 0) is 18.2 Å². The van der Waals surface area contributed by atoms with Gasteiger partial charge in [-0.3, -0.25) is 0 Å². The van der Waals surface area contributed by atoms with Crippen molar-refractivity contribution in [2.45, 2.75) is 11.0 Å². The summed E-state index contributed by atoms with van der Waals surface area (Å²) in [6.07, 6.45) is -0.598. The van der Waals surface area contributed by atoms with Gasteiger partial charge >= 0.3 is 0 Å². The fraction of sp³-hybridized carbons (Fsp3) is 0.300. The van der Waals surface area contributed by atoms with Crippen LogP contribution in [0.3, 0.4) is 0 Å². The largest absolute Gasteiger partial charge is 0.390 e. The van der Waals surface area contributed by atoms with Gasteiger partial charge in [-0.25, -0.2) is 8.42 Å². The molecule has 0 saturated carbocycles. The van der Waals surface area contributed by atoms with Crippen LogP contribution in [0.4, 0.5) is 0 Å². The summed E-state index contributed by atoms with van der Waals surface area (Å²) in [6, 6.07) is 5.81. The number of hydrogen-bond acceptors (Lipinski definition) is 4. The minimum Gasteiger partial charge on any atom is -0.390 e. The molecule has 0 amide bonds. The maximum Gasteiger partial charge on any atom is 0.243 e. The van der Waals surface area contributed by atoms with Crippen molar-refractivity contribution in [3.8, 4) is 6.07 Å². The molecule has 1 heterocycles. The molecule has 1 fully saturated rings. The molecule has 2 rings (SSSR count). The Kier molecular flexibility index (Phi) is 3.10. The first-order valence-electron chi connectivity index (χ1n) is 4.83. The van der Waals surface area contributed by atoms with Crippen molar-refractivity contribution in [3.05, 3.63) is 28.8 Å². The van der Waals surface area contributed by atoms with Gasteiger partial charge in [0.15, 0.2) is 0 Å². The number of halogens is 1. The van der Waals surface area contributed by atoms with Crippen LogP contribution in [0.1, 0.15) is 5.56 Å². The Morgan fingerprint density at radius 3 is 2.59 bits per heavy atom. The molecule has 0 unspecified atom stereocenters. The number of aliphatic hydroxyl groups is 1. The van der Waals surface area contributed by atoms with Crippen LogP contribution in [0, 0.1) is 11.3 Å². The van der Waals surface area contributed by atoms with Crippen molar-refractivity contribution in [3.63, 3.8) is 0 Å². The highest BCUT2D eigenvalue weighted by molar-refractivity contribution is 7.89. The van der Waals surface area contributed by atoms with Crippen LogP contribution in [0.5, 0.6) is 0 Å². The van der Waals surface area contributed by atoms with Crippen molar-refractivity contribution in [2.24, 2.45) is 0 Å². The summed E-state index contributed by atoms with van der Waals surface area (Å²) in [4.78, 5) is 0.0356. The molecule has 0 aliphatic carbocycles. The molecular formula is C10H9ClN2O3S. The van der Waals surface area contributed by atoms with Crippen LogP contribution < -0.4 is 0 Å². The predicted octanol–water partition coefficient (Wildman–Crippen LogP) is 0.577. The second-order valence-corrected chi connectivity index (χ2v) is 6.07.